The van der Waals surface area contributed by atoms with Crippen molar-refractivity contribution in [1.29, 1.82) is 0 Å². The Labute approximate surface area is 184 Å². The molecule has 1 aliphatic rings. The smallest absolute Gasteiger partial charge is 0.333 e. The fourth-order valence-corrected chi connectivity index (χ4v) is 4.75. The minimum atomic E-state index is -0.577. The van der Waals surface area contributed by atoms with Crippen LogP contribution < -0.4 is 20.1 Å². The van der Waals surface area contributed by atoms with Crippen molar-refractivity contribution in [3.8, 4) is 0 Å². The molecule has 166 valence electrons. The molecule has 31 heavy (non-hydrogen) atoms. The molecule has 1 aliphatic carbocycles. The van der Waals surface area contributed by atoms with Crippen molar-refractivity contribution < 1.29 is 18.7 Å². The van der Waals surface area contributed by atoms with Gasteiger partial charge in [-0.1, -0.05) is 31.9 Å². The molecule has 1 aromatic carbocycles. The van der Waals surface area contributed by atoms with Crippen LogP contribution in [-0.4, -0.2) is 29.1 Å². The van der Waals surface area contributed by atoms with Gasteiger partial charge in [0.2, 0.25) is 5.91 Å². The van der Waals surface area contributed by atoms with Gasteiger partial charge in [0.1, 0.15) is 17.0 Å². The van der Waals surface area contributed by atoms with Gasteiger partial charge in [-0.15, -0.1) is 11.3 Å². The Kier molecular flexibility index (Phi) is 7.79. The summed E-state index contributed by atoms with van der Waals surface area (Å²) in [5.41, 5.74) is 0.270. The molecule has 3 rings (SSSR count). The second kappa shape index (κ2) is 10.5. The van der Waals surface area contributed by atoms with E-state index in [1.807, 2.05) is 0 Å². The second-order valence-electron chi connectivity index (χ2n) is 7.72. The van der Waals surface area contributed by atoms with Crippen LogP contribution in [-0.2, 0) is 20.9 Å². The van der Waals surface area contributed by atoms with Crippen LogP contribution in [0.25, 0.3) is 12.2 Å². The van der Waals surface area contributed by atoms with Gasteiger partial charge in [-0.2, -0.15) is 0 Å². The summed E-state index contributed by atoms with van der Waals surface area (Å²) >= 11 is 1.09. The zero-order valence-electron chi connectivity index (χ0n) is 17.7. The van der Waals surface area contributed by atoms with E-state index in [1.165, 1.54) is 29.2 Å². The van der Waals surface area contributed by atoms with Crippen LogP contribution in [0.3, 0.4) is 0 Å². The number of aromatic nitrogens is 1. The average molecular weight is 447 g/mol. The summed E-state index contributed by atoms with van der Waals surface area (Å²) in [6, 6.07) is 5.83. The zero-order chi connectivity index (χ0) is 22.4. The second-order valence-corrected chi connectivity index (χ2v) is 8.79. The van der Waals surface area contributed by atoms with Crippen LogP contribution in [0.4, 0.5) is 4.39 Å². The molecule has 0 aliphatic heterocycles. The summed E-state index contributed by atoms with van der Waals surface area (Å²) in [6.07, 6.45) is 7.09. The molecule has 0 radical (unpaired) electrons. The summed E-state index contributed by atoms with van der Waals surface area (Å²) in [5, 5.41) is 3.04. The Hall–Kier alpha value is -2.74. The molecular formula is C23H27FN2O4S. The van der Waals surface area contributed by atoms with Crippen molar-refractivity contribution in [3.05, 3.63) is 55.2 Å². The quantitative estimate of drug-likeness (QED) is 0.688. The first-order chi connectivity index (χ1) is 14.9. The summed E-state index contributed by atoms with van der Waals surface area (Å²) in [7, 11) is 0. The number of rotatable bonds is 6. The van der Waals surface area contributed by atoms with Gasteiger partial charge in [-0.3, -0.25) is 14.2 Å². The fraction of sp³-hybridized carbons (Fsp3) is 0.435. The van der Waals surface area contributed by atoms with Crippen molar-refractivity contribution >= 4 is 35.4 Å². The number of esters is 1. The topological polar surface area (TPSA) is 77.4 Å². The van der Waals surface area contributed by atoms with Crippen molar-refractivity contribution in [2.24, 2.45) is 5.92 Å². The first-order valence-corrected chi connectivity index (χ1v) is 11.3. The lowest BCUT2D eigenvalue weighted by molar-refractivity contribution is -0.135. The van der Waals surface area contributed by atoms with Gasteiger partial charge in [-0.25, -0.2) is 9.18 Å². The number of thiazole rings is 1. The number of carbonyl (C=O) groups is 2. The molecule has 2 atom stereocenters. The number of nitrogens with one attached hydrogen (secondary N) is 1. The fourth-order valence-electron chi connectivity index (χ4n) is 3.71. The van der Waals surface area contributed by atoms with E-state index in [9.17, 15) is 18.8 Å². The number of amides is 1. The molecule has 1 N–H and O–H groups in total. The molecule has 0 unspecified atom stereocenters. The summed E-state index contributed by atoms with van der Waals surface area (Å²) in [5.74, 6) is -0.812. The normalized spacial score (nSPS) is 20.0. The van der Waals surface area contributed by atoms with Crippen molar-refractivity contribution in [3.63, 3.8) is 0 Å². The Morgan fingerprint density at radius 2 is 1.97 bits per heavy atom. The highest BCUT2D eigenvalue weighted by Gasteiger charge is 2.23. The van der Waals surface area contributed by atoms with E-state index >= 15 is 0 Å². The Bertz CT molecular complexity index is 1100. The highest BCUT2D eigenvalue weighted by molar-refractivity contribution is 7.07. The van der Waals surface area contributed by atoms with E-state index in [4.69, 9.17) is 4.74 Å². The largest absolute Gasteiger partial charge is 0.463 e. The number of ether oxygens (including phenoxy) is 1. The van der Waals surface area contributed by atoms with Crippen molar-refractivity contribution in [1.82, 2.24) is 9.88 Å². The first kappa shape index (κ1) is 22.9. The molecule has 8 heteroatoms. The SMILES string of the molecule is CCOC(=O)/C=c1\s/c(=C/c2ccc(F)cc2)c(=O)n1CC(=O)N[C@@H]1CCCC[C@H]1C. The maximum Gasteiger partial charge on any atom is 0.333 e. The molecule has 1 aromatic heterocycles. The predicted molar refractivity (Wildman–Crippen MR) is 118 cm³/mol. The average Bonchev–Trinajstić information content (AvgIpc) is 3.00. The molecule has 2 aromatic rings. The number of nitrogens with zero attached hydrogens (tertiary/aromatic N) is 1. The van der Waals surface area contributed by atoms with Crippen molar-refractivity contribution in [2.45, 2.75) is 52.1 Å². The van der Waals surface area contributed by atoms with Crippen LogP contribution in [0.2, 0.25) is 0 Å². The predicted octanol–water partition coefficient (Wildman–Crippen LogP) is 1.92. The molecular weight excluding hydrogens is 419 g/mol. The van der Waals surface area contributed by atoms with Gasteiger partial charge in [0.05, 0.1) is 17.2 Å². The Morgan fingerprint density at radius 3 is 2.65 bits per heavy atom. The number of carbonyl (C=O) groups excluding carboxylic acids is 2. The minimum Gasteiger partial charge on any atom is -0.463 e. The van der Waals surface area contributed by atoms with E-state index in [0.29, 0.717) is 20.7 Å². The van der Waals surface area contributed by atoms with Gasteiger partial charge >= 0.3 is 5.97 Å². The van der Waals surface area contributed by atoms with E-state index in [1.54, 1.807) is 25.1 Å². The molecule has 6 nitrogen and oxygen atoms in total. The lowest BCUT2D eigenvalue weighted by atomic mass is 9.86. The van der Waals surface area contributed by atoms with Gasteiger partial charge in [-0.05, 0) is 49.5 Å². The molecule has 0 spiro atoms. The van der Waals surface area contributed by atoms with Crippen LogP contribution in [0.15, 0.2) is 29.1 Å². The summed E-state index contributed by atoms with van der Waals surface area (Å²) < 4.78 is 20.1. The number of hydrogen-bond donors (Lipinski definition) is 1. The molecule has 0 bridgehead atoms. The van der Waals surface area contributed by atoms with Gasteiger partial charge in [0.15, 0.2) is 0 Å². The number of halogens is 1. The van der Waals surface area contributed by atoms with E-state index < -0.39 is 5.97 Å². The molecule has 1 saturated carbocycles. The molecule has 1 heterocycles. The van der Waals surface area contributed by atoms with Crippen LogP contribution in [0.5, 0.6) is 0 Å². The monoisotopic (exact) mass is 446 g/mol. The highest BCUT2D eigenvalue weighted by atomic mass is 32.1. The lowest BCUT2D eigenvalue weighted by Crippen LogP contribution is -2.45. The van der Waals surface area contributed by atoms with E-state index in [0.717, 1.165) is 30.6 Å². The van der Waals surface area contributed by atoms with Gasteiger partial charge in [0, 0.05) is 6.04 Å². The van der Waals surface area contributed by atoms with Crippen molar-refractivity contribution in [2.75, 3.05) is 6.61 Å². The third-order valence-electron chi connectivity index (χ3n) is 5.39. The number of hydrogen-bond acceptors (Lipinski definition) is 5. The third kappa shape index (κ3) is 6.13. The van der Waals surface area contributed by atoms with Crippen LogP contribution in [0, 0.1) is 11.7 Å². The minimum absolute atomic E-state index is 0.0957. The summed E-state index contributed by atoms with van der Waals surface area (Å²) in [6.45, 7) is 3.84. The standard InChI is InChI=1S/C23H27FN2O4S/c1-3-30-22(28)13-21-26(14-20(27)25-18-7-5-4-6-15(18)2)23(29)19(31-21)12-16-8-10-17(24)11-9-16/h8-13,15,18H,3-7,14H2,1-2H3,(H,25,27)/b19-12+,21-13-/t15-,18-/m1/s1. The molecule has 0 saturated heterocycles. The first-order valence-electron chi connectivity index (χ1n) is 10.5. The lowest BCUT2D eigenvalue weighted by Gasteiger charge is -2.29. The number of benzene rings is 1. The van der Waals surface area contributed by atoms with Gasteiger partial charge < -0.3 is 10.1 Å². The highest BCUT2D eigenvalue weighted by Crippen LogP contribution is 2.23. The maximum atomic E-state index is 13.2. The summed E-state index contributed by atoms with van der Waals surface area (Å²) in [4.78, 5) is 37.7. The third-order valence-corrected chi connectivity index (χ3v) is 6.45. The Balaban J connectivity index is 1.94. The molecule has 1 amide bonds. The van der Waals surface area contributed by atoms with E-state index in [-0.39, 0.29) is 36.5 Å². The Morgan fingerprint density at radius 1 is 1.26 bits per heavy atom. The maximum absolute atomic E-state index is 13.2. The van der Waals surface area contributed by atoms with Crippen LogP contribution in [0.1, 0.15) is 45.1 Å². The van der Waals surface area contributed by atoms with Gasteiger partial charge in [0.25, 0.3) is 5.56 Å². The molecule has 1 fully saturated rings. The zero-order valence-corrected chi connectivity index (χ0v) is 18.5. The van der Waals surface area contributed by atoms with Crippen LogP contribution >= 0.6 is 11.3 Å². The van der Waals surface area contributed by atoms with E-state index in [2.05, 4.69) is 12.2 Å².